The standard InChI is InChI=1S/C26H31N3OS/c1-18-22(24(30)27-17-9-12-19-10-7-6-8-11-19)23(29-25(28-18)31-5)20-13-15-21(16-14-20)26(2,3)4/h6-8,10-11,13-16H,9,12,17H2,1-5H3,(H,27,30). The second-order valence-corrected chi connectivity index (χ2v) is 9.47. The van der Waals surface area contributed by atoms with E-state index in [1.807, 2.05) is 31.4 Å². The maximum atomic E-state index is 13.1. The summed E-state index contributed by atoms with van der Waals surface area (Å²) in [4.78, 5) is 22.3. The molecule has 0 fully saturated rings. The van der Waals surface area contributed by atoms with Gasteiger partial charge in [-0.1, -0.05) is 87.1 Å². The molecule has 0 aliphatic carbocycles. The van der Waals surface area contributed by atoms with E-state index >= 15 is 0 Å². The molecule has 1 heterocycles. The summed E-state index contributed by atoms with van der Waals surface area (Å²) in [6.45, 7) is 9.07. The van der Waals surface area contributed by atoms with Crippen molar-refractivity contribution in [1.82, 2.24) is 15.3 Å². The molecule has 3 aromatic rings. The van der Waals surface area contributed by atoms with Crippen molar-refractivity contribution in [2.45, 2.75) is 51.1 Å². The number of carbonyl (C=O) groups excluding carboxylic acids is 1. The van der Waals surface area contributed by atoms with E-state index in [9.17, 15) is 4.79 Å². The highest BCUT2D eigenvalue weighted by molar-refractivity contribution is 7.98. The predicted molar refractivity (Wildman–Crippen MR) is 130 cm³/mol. The highest BCUT2D eigenvalue weighted by Crippen LogP contribution is 2.29. The van der Waals surface area contributed by atoms with Crippen molar-refractivity contribution in [3.8, 4) is 11.3 Å². The second kappa shape index (κ2) is 10.1. The van der Waals surface area contributed by atoms with Crippen LogP contribution in [0.5, 0.6) is 0 Å². The molecular formula is C26H31N3OS. The molecule has 1 N–H and O–H groups in total. The number of benzene rings is 2. The smallest absolute Gasteiger partial charge is 0.255 e. The molecule has 4 nitrogen and oxygen atoms in total. The molecule has 0 radical (unpaired) electrons. The minimum atomic E-state index is -0.117. The maximum Gasteiger partial charge on any atom is 0.255 e. The van der Waals surface area contributed by atoms with Crippen molar-refractivity contribution < 1.29 is 4.79 Å². The fraction of sp³-hybridized carbons (Fsp3) is 0.346. The Morgan fingerprint density at radius 1 is 1.00 bits per heavy atom. The van der Waals surface area contributed by atoms with Crippen LogP contribution >= 0.6 is 11.8 Å². The van der Waals surface area contributed by atoms with Gasteiger partial charge in [0.2, 0.25) is 0 Å². The normalized spacial score (nSPS) is 11.4. The quantitative estimate of drug-likeness (QED) is 0.289. The molecule has 0 saturated heterocycles. The molecule has 3 rings (SSSR count). The molecule has 0 atom stereocenters. The van der Waals surface area contributed by atoms with Crippen LogP contribution in [0.25, 0.3) is 11.3 Å². The molecule has 0 saturated carbocycles. The van der Waals surface area contributed by atoms with Crippen LogP contribution in [-0.2, 0) is 11.8 Å². The SMILES string of the molecule is CSc1nc(C)c(C(=O)NCCCc2ccccc2)c(-c2ccc(C(C)(C)C)cc2)n1. The van der Waals surface area contributed by atoms with E-state index in [4.69, 9.17) is 4.98 Å². The van der Waals surface area contributed by atoms with Gasteiger partial charge in [-0.15, -0.1) is 0 Å². The molecule has 0 aliphatic rings. The predicted octanol–water partition coefficient (Wildman–Crippen LogP) is 5.83. The van der Waals surface area contributed by atoms with Gasteiger partial charge in [0, 0.05) is 12.1 Å². The van der Waals surface area contributed by atoms with Gasteiger partial charge in [-0.25, -0.2) is 9.97 Å². The minimum absolute atomic E-state index is 0.0729. The van der Waals surface area contributed by atoms with E-state index in [0.717, 1.165) is 18.4 Å². The Kier molecular flexibility index (Phi) is 7.50. The molecule has 1 aromatic heterocycles. The van der Waals surface area contributed by atoms with Crippen molar-refractivity contribution >= 4 is 17.7 Å². The van der Waals surface area contributed by atoms with Gasteiger partial charge in [0.25, 0.3) is 5.91 Å². The van der Waals surface area contributed by atoms with Crippen LogP contribution in [0.3, 0.4) is 0 Å². The average molecular weight is 434 g/mol. The Morgan fingerprint density at radius 3 is 2.29 bits per heavy atom. The number of nitrogens with one attached hydrogen (secondary N) is 1. The van der Waals surface area contributed by atoms with Gasteiger partial charge >= 0.3 is 0 Å². The van der Waals surface area contributed by atoms with E-state index in [0.29, 0.717) is 28.7 Å². The number of nitrogens with zero attached hydrogens (tertiary/aromatic N) is 2. The monoisotopic (exact) mass is 433 g/mol. The van der Waals surface area contributed by atoms with Gasteiger partial charge in [0.1, 0.15) is 0 Å². The summed E-state index contributed by atoms with van der Waals surface area (Å²) in [5.74, 6) is -0.117. The first-order valence-corrected chi connectivity index (χ1v) is 11.9. The number of aromatic nitrogens is 2. The Hall–Kier alpha value is -2.66. The Labute approximate surface area is 189 Å². The van der Waals surface area contributed by atoms with Gasteiger partial charge in [0.15, 0.2) is 5.16 Å². The number of aryl methyl sites for hydroxylation is 2. The first-order chi connectivity index (χ1) is 14.8. The zero-order valence-electron chi connectivity index (χ0n) is 19.0. The molecule has 1 amide bonds. The van der Waals surface area contributed by atoms with Crippen LogP contribution in [0.1, 0.15) is 54.4 Å². The second-order valence-electron chi connectivity index (χ2n) is 8.69. The van der Waals surface area contributed by atoms with Crippen LogP contribution in [0.4, 0.5) is 0 Å². The number of hydrogen-bond acceptors (Lipinski definition) is 4. The molecule has 0 unspecified atom stereocenters. The third-order valence-corrected chi connectivity index (χ3v) is 5.82. The summed E-state index contributed by atoms with van der Waals surface area (Å²) in [5.41, 5.74) is 5.49. The highest BCUT2D eigenvalue weighted by atomic mass is 32.2. The van der Waals surface area contributed by atoms with E-state index in [1.165, 1.54) is 22.9 Å². The molecule has 162 valence electrons. The first-order valence-electron chi connectivity index (χ1n) is 10.7. The lowest BCUT2D eigenvalue weighted by atomic mass is 9.86. The summed E-state index contributed by atoms with van der Waals surface area (Å²) in [5, 5.41) is 3.74. The number of hydrogen-bond donors (Lipinski definition) is 1. The largest absolute Gasteiger partial charge is 0.352 e. The Morgan fingerprint density at radius 2 is 1.68 bits per heavy atom. The zero-order valence-corrected chi connectivity index (χ0v) is 19.8. The van der Waals surface area contributed by atoms with Gasteiger partial charge in [-0.2, -0.15) is 0 Å². The summed E-state index contributed by atoms with van der Waals surface area (Å²) < 4.78 is 0. The molecule has 0 aliphatic heterocycles. The molecule has 2 aromatic carbocycles. The van der Waals surface area contributed by atoms with Crippen LogP contribution < -0.4 is 5.32 Å². The first kappa shape index (κ1) is 23.0. The van der Waals surface area contributed by atoms with Crippen LogP contribution in [0.2, 0.25) is 0 Å². The van der Waals surface area contributed by atoms with Crippen molar-refractivity contribution in [1.29, 1.82) is 0 Å². The van der Waals surface area contributed by atoms with Crippen LogP contribution in [-0.4, -0.2) is 28.7 Å². The molecular weight excluding hydrogens is 402 g/mol. The number of thioether (sulfide) groups is 1. The number of rotatable bonds is 7. The molecule has 0 spiro atoms. The average Bonchev–Trinajstić information content (AvgIpc) is 2.76. The Bertz CT molecular complexity index is 1030. The van der Waals surface area contributed by atoms with Crippen molar-refractivity contribution in [3.05, 3.63) is 77.0 Å². The van der Waals surface area contributed by atoms with Crippen molar-refractivity contribution in [3.63, 3.8) is 0 Å². The highest BCUT2D eigenvalue weighted by Gasteiger charge is 2.21. The number of amides is 1. The lowest BCUT2D eigenvalue weighted by Gasteiger charge is -2.19. The van der Waals surface area contributed by atoms with Gasteiger partial charge in [-0.05, 0) is 42.6 Å². The third kappa shape index (κ3) is 5.95. The van der Waals surface area contributed by atoms with E-state index in [1.54, 1.807) is 0 Å². The third-order valence-electron chi connectivity index (χ3n) is 5.27. The van der Waals surface area contributed by atoms with Crippen LogP contribution in [0.15, 0.2) is 59.8 Å². The lowest BCUT2D eigenvalue weighted by molar-refractivity contribution is 0.0952. The summed E-state index contributed by atoms with van der Waals surface area (Å²) in [6, 6.07) is 18.7. The molecule has 5 heteroatoms. The van der Waals surface area contributed by atoms with Crippen molar-refractivity contribution in [2.24, 2.45) is 0 Å². The zero-order chi connectivity index (χ0) is 22.4. The fourth-order valence-electron chi connectivity index (χ4n) is 3.47. The minimum Gasteiger partial charge on any atom is -0.352 e. The van der Waals surface area contributed by atoms with E-state index in [-0.39, 0.29) is 11.3 Å². The summed E-state index contributed by atoms with van der Waals surface area (Å²) in [7, 11) is 0. The molecule has 31 heavy (non-hydrogen) atoms. The van der Waals surface area contributed by atoms with Gasteiger partial charge in [-0.3, -0.25) is 4.79 Å². The molecule has 0 bridgehead atoms. The van der Waals surface area contributed by atoms with E-state index < -0.39 is 0 Å². The maximum absolute atomic E-state index is 13.1. The van der Waals surface area contributed by atoms with Crippen LogP contribution in [0, 0.1) is 6.92 Å². The van der Waals surface area contributed by atoms with E-state index in [2.05, 4.69) is 67.5 Å². The Balaban J connectivity index is 1.81. The summed E-state index contributed by atoms with van der Waals surface area (Å²) in [6.07, 6.45) is 3.77. The fourth-order valence-corrected chi connectivity index (χ4v) is 3.89. The number of carbonyl (C=O) groups is 1. The lowest BCUT2D eigenvalue weighted by Crippen LogP contribution is -2.27. The summed E-state index contributed by atoms with van der Waals surface area (Å²) >= 11 is 1.48. The van der Waals surface area contributed by atoms with Gasteiger partial charge in [0.05, 0.1) is 17.0 Å². The topological polar surface area (TPSA) is 54.9 Å². The van der Waals surface area contributed by atoms with Gasteiger partial charge < -0.3 is 5.32 Å². The van der Waals surface area contributed by atoms with Crippen molar-refractivity contribution in [2.75, 3.05) is 12.8 Å².